The minimum absolute atomic E-state index is 1.07. The summed E-state index contributed by atoms with van der Waals surface area (Å²) in [6, 6.07) is 0. The summed E-state index contributed by atoms with van der Waals surface area (Å²) >= 11 is 0. The molecule has 7 nitrogen and oxygen atoms in total. The van der Waals surface area contributed by atoms with Gasteiger partial charge in [-0.1, -0.05) is 0 Å². The Kier molecular flexibility index (Phi) is 3.31. The summed E-state index contributed by atoms with van der Waals surface area (Å²) in [6.45, 7) is 0. The highest BCUT2D eigenvalue weighted by Crippen LogP contribution is 2.33. The van der Waals surface area contributed by atoms with Gasteiger partial charge in [-0.05, 0) is 0 Å². The van der Waals surface area contributed by atoms with Gasteiger partial charge in [-0.3, -0.25) is 9.45 Å². The first-order chi connectivity index (χ1) is 4.42. The fourth-order valence-electron chi connectivity index (χ4n) is 0.145. The number of hydrogen-bond acceptors (Lipinski definition) is 4. The second-order valence-electron chi connectivity index (χ2n) is 1.26. The van der Waals surface area contributed by atoms with Crippen LogP contribution in [0.3, 0.4) is 0 Å². The molecule has 0 atom stereocenters. The van der Waals surface area contributed by atoms with Crippen molar-refractivity contribution in [2.24, 2.45) is 0 Å². The Morgan fingerprint density at radius 3 is 2.30 bits per heavy atom. The first kappa shape index (κ1) is 9.38. The number of carbonyl (C=O) groups is 1. The quantitative estimate of drug-likeness (QED) is 0.305. The molecule has 0 aliphatic rings. The van der Waals surface area contributed by atoms with Gasteiger partial charge >= 0.3 is 13.8 Å². The van der Waals surface area contributed by atoms with Crippen LogP contribution in [0.5, 0.6) is 0 Å². The highest BCUT2D eigenvalue weighted by atomic mass is 31.2. The molecule has 0 heterocycles. The SMILES string of the molecule is O=C(O)OOCP(=O)(O)O. The van der Waals surface area contributed by atoms with Crippen molar-refractivity contribution in [3.63, 3.8) is 0 Å². The number of rotatable bonds is 3. The van der Waals surface area contributed by atoms with E-state index in [-0.39, 0.29) is 0 Å². The zero-order chi connectivity index (χ0) is 8.20. The molecule has 0 spiro atoms. The van der Waals surface area contributed by atoms with Crippen LogP contribution < -0.4 is 0 Å². The van der Waals surface area contributed by atoms with Gasteiger partial charge in [0.05, 0.1) is 0 Å². The molecule has 0 aromatic heterocycles. The largest absolute Gasteiger partial charge is 0.537 e. The lowest BCUT2D eigenvalue weighted by Crippen LogP contribution is -2.02. The van der Waals surface area contributed by atoms with Crippen LogP contribution >= 0.6 is 7.60 Å². The molecule has 0 amide bonds. The zero-order valence-corrected chi connectivity index (χ0v) is 5.52. The summed E-state index contributed by atoms with van der Waals surface area (Å²) in [5, 5.41) is 7.71. The Morgan fingerprint density at radius 2 is 2.00 bits per heavy atom. The molecule has 60 valence electrons. The Morgan fingerprint density at radius 1 is 1.50 bits per heavy atom. The molecule has 8 heteroatoms. The fourth-order valence-corrected chi connectivity index (χ4v) is 0.335. The van der Waals surface area contributed by atoms with E-state index in [0.717, 1.165) is 0 Å². The number of hydrogen-bond donors (Lipinski definition) is 3. The van der Waals surface area contributed by atoms with Gasteiger partial charge in [0.25, 0.3) is 0 Å². The predicted octanol–water partition coefficient (Wildman–Crippen LogP) is -0.252. The lowest BCUT2D eigenvalue weighted by atomic mass is 11.4. The van der Waals surface area contributed by atoms with E-state index in [0.29, 0.717) is 0 Å². The van der Waals surface area contributed by atoms with Crippen LogP contribution in [0.15, 0.2) is 0 Å². The average Bonchev–Trinajstić information content (AvgIpc) is 1.59. The molecule has 0 aromatic carbocycles. The van der Waals surface area contributed by atoms with E-state index in [2.05, 4.69) is 9.78 Å². The van der Waals surface area contributed by atoms with Crippen molar-refractivity contribution >= 4 is 13.8 Å². The molecule has 0 aliphatic carbocycles. The molecule has 0 unspecified atom stereocenters. The molecular weight excluding hydrogens is 167 g/mol. The second-order valence-corrected chi connectivity index (χ2v) is 2.85. The lowest BCUT2D eigenvalue weighted by molar-refractivity contribution is -0.237. The summed E-state index contributed by atoms with van der Waals surface area (Å²) in [6.07, 6.45) is -2.83. The smallest absolute Gasteiger partial charge is 0.448 e. The van der Waals surface area contributed by atoms with Gasteiger partial charge < -0.3 is 14.9 Å². The Hall–Kier alpha value is -0.620. The van der Waals surface area contributed by atoms with E-state index in [1.54, 1.807) is 0 Å². The molecule has 0 saturated carbocycles. The van der Waals surface area contributed by atoms with Gasteiger partial charge in [0.2, 0.25) is 0 Å². The topological polar surface area (TPSA) is 113 Å². The van der Waals surface area contributed by atoms with Crippen molar-refractivity contribution in [2.75, 3.05) is 6.35 Å². The van der Waals surface area contributed by atoms with Crippen molar-refractivity contribution in [3.8, 4) is 0 Å². The van der Waals surface area contributed by atoms with Gasteiger partial charge in [0.15, 0.2) is 6.35 Å². The van der Waals surface area contributed by atoms with Crippen molar-refractivity contribution < 1.29 is 34.0 Å². The van der Waals surface area contributed by atoms with Crippen LogP contribution in [0.1, 0.15) is 0 Å². The molecular formula is C2H5O7P. The van der Waals surface area contributed by atoms with Crippen LogP contribution in [0, 0.1) is 0 Å². The predicted molar refractivity (Wildman–Crippen MR) is 27.1 cm³/mol. The lowest BCUT2D eigenvalue weighted by Gasteiger charge is -2.00. The maximum Gasteiger partial charge on any atom is 0.537 e. The molecule has 3 N–H and O–H groups in total. The van der Waals surface area contributed by atoms with Gasteiger partial charge in [0, 0.05) is 0 Å². The third-order valence-electron chi connectivity index (χ3n) is 0.351. The third-order valence-corrected chi connectivity index (χ3v) is 0.793. The van der Waals surface area contributed by atoms with E-state index in [4.69, 9.17) is 14.9 Å². The second kappa shape index (κ2) is 3.52. The monoisotopic (exact) mass is 172 g/mol. The van der Waals surface area contributed by atoms with E-state index < -0.39 is 20.1 Å². The molecule has 0 aromatic rings. The normalized spacial score (nSPS) is 11.0. The first-order valence-corrected chi connectivity index (χ1v) is 3.78. The van der Waals surface area contributed by atoms with Crippen molar-refractivity contribution in [1.82, 2.24) is 0 Å². The summed E-state index contributed by atoms with van der Waals surface area (Å²) in [4.78, 5) is 32.5. The molecule has 0 radical (unpaired) electrons. The standard InChI is InChI=1S/C2H5O7P/c3-2(4)9-8-1-10(5,6)7/h1H2,(H,3,4)(H2,5,6,7). The minimum Gasteiger partial charge on any atom is -0.448 e. The zero-order valence-electron chi connectivity index (χ0n) is 4.63. The van der Waals surface area contributed by atoms with E-state index >= 15 is 0 Å². The minimum atomic E-state index is -4.33. The van der Waals surface area contributed by atoms with Crippen molar-refractivity contribution in [3.05, 3.63) is 0 Å². The van der Waals surface area contributed by atoms with Crippen LogP contribution in [-0.2, 0) is 14.3 Å². The Bertz CT molecular complexity index is 157. The average molecular weight is 172 g/mol. The van der Waals surface area contributed by atoms with Crippen molar-refractivity contribution in [2.45, 2.75) is 0 Å². The van der Waals surface area contributed by atoms with E-state index in [1.165, 1.54) is 0 Å². The molecule has 0 saturated heterocycles. The van der Waals surface area contributed by atoms with Gasteiger partial charge in [-0.2, -0.15) is 4.89 Å². The van der Waals surface area contributed by atoms with Crippen LogP contribution in [0.25, 0.3) is 0 Å². The Labute approximate surface area is 55.3 Å². The number of carboxylic acid groups (broad SMARTS) is 1. The maximum atomic E-state index is 9.91. The molecule has 0 fully saturated rings. The Balaban J connectivity index is 3.39. The molecule has 10 heavy (non-hydrogen) atoms. The van der Waals surface area contributed by atoms with Crippen LogP contribution in [0.2, 0.25) is 0 Å². The van der Waals surface area contributed by atoms with Gasteiger partial charge in [-0.15, -0.1) is 0 Å². The third kappa shape index (κ3) is 7.38. The summed E-state index contributed by atoms with van der Waals surface area (Å²) in [5.74, 6) is 0. The van der Waals surface area contributed by atoms with Crippen LogP contribution in [0.4, 0.5) is 4.79 Å². The van der Waals surface area contributed by atoms with Crippen molar-refractivity contribution in [1.29, 1.82) is 0 Å². The molecule has 0 rings (SSSR count). The van der Waals surface area contributed by atoms with Gasteiger partial charge in [-0.25, -0.2) is 4.79 Å². The van der Waals surface area contributed by atoms with Gasteiger partial charge in [0.1, 0.15) is 0 Å². The van der Waals surface area contributed by atoms with E-state index in [1.807, 2.05) is 0 Å². The first-order valence-electron chi connectivity index (χ1n) is 1.99. The molecule has 0 bridgehead atoms. The van der Waals surface area contributed by atoms with E-state index in [9.17, 15) is 9.36 Å². The summed E-state index contributed by atoms with van der Waals surface area (Å²) in [7, 11) is -4.33. The highest BCUT2D eigenvalue weighted by Gasteiger charge is 2.14. The summed E-state index contributed by atoms with van der Waals surface area (Å²) < 4.78 is 9.91. The maximum absolute atomic E-state index is 9.91. The highest BCUT2D eigenvalue weighted by molar-refractivity contribution is 7.51. The molecule has 0 aliphatic heterocycles. The van der Waals surface area contributed by atoms with Crippen LogP contribution in [-0.4, -0.2) is 27.4 Å². The fraction of sp³-hybridized carbons (Fsp3) is 0.500. The summed E-state index contributed by atoms with van der Waals surface area (Å²) in [5.41, 5.74) is 0.